The van der Waals surface area contributed by atoms with Crippen molar-refractivity contribution in [3.63, 3.8) is 0 Å². The summed E-state index contributed by atoms with van der Waals surface area (Å²) >= 11 is 0. The van der Waals surface area contributed by atoms with Crippen molar-refractivity contribution in [2.75, 3.05) is 12.8 Å². The van der Waals surface area contributed by atoms with Gasteiger partial charge in [-0.1, -0.05) is 0 Å². The highest BCUT2D eigenvalue weighted by Crippen LogP contribution is 2.15. The van der Waals surface area contributed by atoms with Gasteiger partial charge in [0.1, 0.15) is 16.5 Å². The van der Waals surface area contributed by atoms with Crippen molar-refractivity contribution in [2.45, 2.75) is 11.4 Å². The van der Waals surface area contributed by atoms with Crippen molar-refractivity contribution in [3.8, 4) is 0 Å². The number of sulfonamides is 1. The fraction of sp³-hybridized carbons (Fsp3) is 0.200. The average Bonchev–Trinajstić information content (AvgIpc) is 2.82. The van der Waals surface area contributed by atoms with Crippen LogP contribution in [0.3, 0.4) is 0 Å². The van der Waals surface area contributed by atoms with Crippen molar-refractivity contribution < 1.29 is 8.42 Å². The van der Waals surface area contributed by atoms with E-state index in [0.717, 1.165) is 0 Å². The van der Waals surface area contributed by atoms with E-state index in [-0.39, 0.29) is 17.3 Å². The van der Waals surface area contributed by atoms with Crippen molar-refractivity contribution in [2.24, 2.45) is 0 Å². The van der Waals surface area contributed by atoms with Crippen molar-refractivity contribution in [1.82, 2.24) is 19.3 Å². The Balaban J connectivity index is 2.22. The second-order valence-corrected chi connectivity index (χ2v) is 5.76. The van der Waals surface area contributed by atoms with Crippen LogP contribution in [0, 0.1) is 0 Å². The molecule has 0 atom stereocenters. The largest absolute Gasteiger partial charge is 0.384 e. The Morgan fingerprint density at radius 1 is 1.39 bits per heavy atom. The van der Waals surface area contributed by atoms with Crippen LogP contribution in [-0.2, 0) is 16.6 Å². The number of pyridine rings is 1. The van der Waals surface area contributed by atoms with Gasteiger partial charge in [0.15, 0.2) is 0 Å². The Bertz CT molecular complexity index is 606. The topological polar surface area (TPSA) is 105 Å². The maximum absolute atomic E-state index is 12.2. The van der Waals surface area contributed by atoms with Gasteiger partial charge >= 0.3 is 0 Å². The molecule has 0 aliphatic heterocycles. The average molecular weight is 267 g/mol. The van der Waals surface area contributed by atoms with E-state index in [2.05, 4.69) is 15.0 Å². The molecule has 96 valence electrons. The number of hydrogen-bond acceptors (Lipinski definition) is 5. The number of H-pyrrole nitrogens is 1. The number of anilines is 1. The predicted molar refractivity (Wildman–Crippen MR) is 65.9 cm³/mol. The molecule has 0 unspecified atom stereocenters. The Kier molecular flexibility index (Phi) is 3.30. The molecule has 0 saturated heterocycles. The Morgan fingerprint density at radius 3 is 2.72 bits per heavy atom. The third-order valence-corrected chi connectivity index (χ3v) is 4.18. The zero-order chi connectivity index (χ0) is 13.2. The molecular weight excluding hydrogens is 254 g/mol. The first kappa shape index (κ1) is 12.5. The van der Waals surface area contributed by atoms with Gasteiger partial charge in [0.2, 0.25) is 10.0 Å². The molecule has 0 saturated carbocycles. The maximum atomic E-state index is 12.2. The number of nitrogens with two attached hydrogens (primary N) is 1. The molecule has 8 heteroatoms. The monoisotopic (exact) mass is 267 g/mol. The minimum absolute atomic E-state index is 0.103. The minimum atomic E-state index is -3.58. The molecule has 0 amide bonds. The van der Waals surface area contributed by atoms with Crippen LogP contribution in [0.5, 0.6) is 0 Å². The van der Waals surface area contributed by atoms with E-state index in [1.807, 2.05) is 0 Å². The zero-order valence-electron chi connectivity index (χ0n) is 9.74. The van der Waals surface area contributed by atoms with Crippen LogP contribution in [0.4, 0.5) is 5.82 Å². The Morgan fingerprint density at radius 2 is 2.17 bits per heavy atom. The minimum Gasteiger partial charge on any atom is -0.384 e. The number of nitrogen functional groups attached to an aromatic ring is 1. The first-order valence-corrected chi connectivity index (χ1v) is 6.60. The molecule has 2 aromatic heterocycles. The lowest BCUT2D eigenvalue weighted by Crippen LogP contribution is -2.27. The van der Waals surface area contributed by atoms with Crippen LogP contribution in [0.25, 0.3) is 0 Å². The van der Waals surface area contributed by atoms with Crippen LogP contribution in [0.2, 0.25) is 0 Å². The number of aromatic amines is 1. The van der Waals surface area contributed by atoms with Gasteiger partial charge in [0.05, 0.1) is 6.54 Å². The standard InChI is InChI=1S/C10H13N5O2S/c1-15(7-10-12-4-5-13-10)18(16,17)8-2-3-9(11)14-6-8/h2-6H,7H2,1H3,(H2,11,14)(H,12,13). The summed E-state index contributed by atoms with van der Waals surface area (Å²) in [5, 5.41) is 0. The number of nitrogens with zero attached hydrogens (tertiary/aromatic N) is 3. The fourth-order valence-corrected chi connectivity index (χ4v) is 2.48. The highest BCUT2D eigenvalue weighted by molar-refractivity contribution is 7.89. The van der Waals surface area contributed by atoms with Gasteiger partial charge in [0, 0.05) is 25.6 Å². The lowest BCUT2D eigenvalue weighted by molar-refractivity contribution is 0.458. The Labute approximate surface area is 105 Å². The van der Waals surface area contributed by atoms with Crippen molar-refractivity contribution >= 4 is 15.8 Å². The van der Waals surface area contributed by atoms with E-state index in [0.29, 0.717) is 5.82 Å². The summed E-state index contributed by atoms with van der Waals surface area (Å²) in [6.45, 7) is 0.166. The van der Waals surface area contributed by atoms with Gasteiger partial charge in [0.25, 0.3) is 0 Å². The second kappa shape index (κ2) is 4.75. The molecule has 2 heterocycles. The Hall–Kier alpha value is -1.93. The second-order valence-electron chi connectivity index (χ2n) is 3.72. The number of imidazole rings is 1. The highest BCUT2D eigenvalue weighted by atomic mass is 32.2. The molecule has 0 aromatic carbocycles. The number of rotatable bonds is 4. The molecule has 0 aliphatic carbocycles. The smallest absolute Gasteiger partial charge is 0.244 e. The number of aromatic nitrogens is 3. The number of hydrogen-bond donors (Lipinski definition) is 2. The summed E-state index contributed by atoms with van der Waals surface area (Å²) in [6, 6.07) is 2.88. The summed E-state index contributed by atoms with van der Waals surface area (Å²) in [5.74, 6) is 0.854. The lowest BCUT2D eigenvalue weighted by atomic mass is 10.5. The molecule has 0 aliphatic rings. The molecule has 0 fully saturated rings. The molecule has 0 spiro atoms. The predicted octanol–water partition coefficient (Wildman–Crippen LogP) is 0.208. The molecule has 7 nitrogen and oxygen atoms in total. The van der Waals surface area contributed by atoms with Gasteiger partial charge in [-0.3, -0.25) is 0 Å². The lowest BCUT2D eigenvalue weighted by Gasteiger charge is -2.15. The van der Waals surface area contributed by atoms with Gasteiger partial charge < -0.3 is 10.7 Å². The van der Waals surface area contributed by atoms with Crippen molar-refractivity contribution in [1.29, 1.82) is 0 Å². The van der Waals surface area contributed by atoms with E-state index >= 15 is 0 Å². The summed E-state index contributed by atoms with van der Waals surface area (Å²) in [7, 11) is -2.10. The van der Waals surface area contributed by atoms with E-state index in [1.54, 1.807) is 12.4 Å². The summed E-state index contributed by atoms with van der Waals surface area (Å²) in [6.07, 6.45) is 4.45. The first-order chi connectivity index (χ1) is 8.50. The quantitative estimate of drug-likeness (QED) is 0.823. The van der Waals surface area contributed by atoms with Crippen molar-refractivity contribution in [3.05, 3.63) is 36.5 Å². The molecule has 18 heavy (non-hydrogen) atoms. The normalized spacial score (nSPS) is 11.9. The SMILES string of the molecule is CN(Cc1ncc[nH]1)S(=O)(=O)c1ccc(N)nc1. The summed E-state index contributed by atoms with van der Waals surface area (Å²) in [5.41, 5.74) is 5.42. The molecular formula is C10H13N5O2S. The van der Waals surface area contributed by atoms with E-state index in [4.69, 9.17) is 5.73 Å². The third kappa shape index (κ3) is 2.49. The molecule has 0 radical (unpaired) electrons. The van der Waals surface area contributed by atoms with E-state index < -0.39 is 10.0 Å². The molecule has 3 N–H and O–H groups in total. The van der Waals surface area contributed by atoms with Crippen LogP contribution in [0.1, 0.15) is 5.82 Å². The number of nitrogens with one attached hydrogen (secondary N) is 1. The summed E-state index contributed by atoms with van der Waals surface area (Å²) in [4.78, 5) is 10.7. The van der Waals surface area contributed by atoms with Gasteiger partial charge in [-0.15, -0.1) is 0 Å². The summed E-state index contributed by atoms with van der Waals surface area (Å²) < 4.78 is 25.5. The first-order valence-electron chi connectivity index (χ1n) is 5.16. The third-order valence-electron chi connectivity index (χ3n) is 2.39. The molecule has 0 bridgehead atoms. The van der Waals surface area contributed by atoms with Gasteiger partial charge in [-0.25, -0.2) is 18.4 Å². The van der Waals surface area contributed by atoms with Crippen LogP contribution < -0.4 is 5.73 Å². The zero-order valence-corrected chi connectivity index (χ0v) is 10.6. The van der Waals surface area contributed by atoms with Gasteiger partial charge in [-0.05, 0) is 12.1 Å². The molecule has 2 rings (SSSR count). The fourth-order valence-electron chi connectivity index (χ4n) is 1.40. The maximum Gasteiger partial charge on any atom is 0.244 e. The van der Waals surface area contributed by atoms with Crippen LogP contribution in [-0.4, -0.2) is 34.7 Å². The van der Waals surface area contributed by atoms with Crippen LogP contribution >= 0.6 is 0 Å². The van der Waals surface area contributed by atoms with E-state index in [9.17, 15) is 8.42 Å². The van der Waals surface area contributed by atoms with Crippen LogP contribution in [0.15, 0.2) is 35.6 Å². The molecule has 2 aromatic rings. The highest BCUT2D eigenvalue weighted by Gasteiger charge is 2.21. The van der Waals surface area contributed by atoms with Gasteiger partial charge in [-0.2, -0.15) is 4.31 Å². The van der Waals surface area contributed by atoms with E-state index in [1.165, 1.54) is 29.7 Å².